The molecule has 5 rings (SSSR count). The van der Waals surface area contributed by atoms with Crippen molar-refractivity contribution in [1.82, 2.24) is 34.9 Å². The highest BCUT2D eigenvalue weighted by atomic mass is 16.5. The number of rotatable bonds is 9. The second-order valence-corrected chi connectivity index (χ2v) is 9.10. The number of hydrogen-bond acceptors (Lipinski definition) is 8. The second kappa shape index (κ2) is 10.4. The molecule has 0 spiro atoms. The monoisotopic (exact) mass is 517 g/mol. The van der Waals surface area contributed by atoms with Gasteiger partial charge in [0.2, 0.25) is 5.82 Å². The molecule has 1 aromatic carbocycles. The number of amides is 2. The third-order valence-corrected chi connectivity index (χ3v) is 6.73. The van der Waals surface area contributed by atoms with Gasteiger partial charge in [0, 0.05) is 26.3 Å². The van der Waals surface area contributed by atoms with Gasteiger partial charge < -0.3 is 25.0 Å². The summed E-state index contributed by atoms with van der Waals surface area (Å²) in [5.41, 5.74) is 1.43. The topological polar surface area (TPSA) is 155 Å². The van der Waals surface area contributed by atoms with Gasteiger partial charge in [0.1, 0.15) is 12.1 Å². The van der Waals surface area contributed by atoms with Gasteiger partial charge in [0.25, 0.3) is 17.6 Å². The zero-order valence-corrected chi connectivity index (χ0v) is 20.9. The number of nitrogens with one attached hydrogen (secondary N) is 2. The molecule has 38 heavy (non-hydrogen) atoms. The molecule has 0 bridgehead atoms. The number of ketones is 1. The molecule has 0 radical (unpaired) electrons. The maximum Gasteiger partial charge on any atom is 0.295 e. The van der Waals surface area contributed by atoms with Crippen molar-refractivity contribution in [3.8, 4) is 11.6 Å². The smallest absolute Gasteiger partial charge is 0.295 e. The summed E-state index contributed by atoms with van der Waals surface area (Å²) in [6.07, 6.45) is 4.99. The van der Waals surface area contributed by atoms with E-state index in [9.17, 15) is 19.5 Å². The lowest BCUT2D eigenvalue weighted by Gasteiger charge is -2.39. The van der Waals surface area contributed by atoms with E-state index in [1.54, 1.807) is 0 Å². The van der Waals surface area contributed by atoms with Crippen LogP contribution < -0.4 is 10.1 Å². The first kappa shape index (κ1) is 25.1. The van der Waals surface area contributed by atoms with Crippen LogP contribution in [0.15, 0.2) is 49.1 Å². The minimum absolute atomic E-state index is 0.0417. The number of aliphatic hydroxyl groups excluding tert-OH is 1. The van der Waals surface area contributed by atoms with Gasteiger partial charge in [-0.05, 0) is 24.3 Å². The SMILES string of the molecule is CNC(=O)c1ncn(-c2ncc(OC)c3c(C(=O)C(=O)N4CC(CCC(O)c5ccccc5)C4)c[nH]c23)n1. The van der Waals surface area contributed by atoms with Gasteiger partial charge in [-0.25, -0.2) is 9.97 Å². The molecule has 1 atom stereocenters. The normalized spacial score (nSPS) is 14.2. The first-order chi connectivity index (χ1) is 18.4. The first-order valence-corrected chi connectivity index (χ1v) is 12.2. The number of aliphatic hydroxyl groups is 1. The molecular formula is C26H27N7O5. The molecule has 1 aliphatic rings. The number of aromatic amines is 1. The molecule has 1 unspecified atom stereocenters. The van der Waals surface area contributed by atoms with Crippen LogP contribution in [-0.2, 0) is 4.79 Å². The van der Waals surface area contributed by atoms with E-state index in [2.05, 4.69) is 25.4 Å². The molecule has 1 aliphatic heterocycles. The number of likely N-dealkylation sites (tertiary alicyclic amines) is 1. The highest BCUT2D eigenvalue weighted by Gasteiger charge is 2.36. The standard InChI is InChI=1S/C26H27N7O5/c1-27-25(36)23-30-14-33(31-23)24-21-20(19(38-2)11-29-24)17(10-28-21)22(35)26(37)32-12-15(13-32)8-9-18(34)16-6-4-3-5-7-16/h3-7,10-11,14-15,18,28,34H,8-9,12-13H2,1-2H3,(H,27,36). The fourth-order valence-corrected chi connectivity index (χ4v) is 4.61. The van der Waals surface area contributed by atoms with Crippen molar-refractivity contribution in [2.24, 2.45) is 5.92 Å². The average Bonchev–Trinajstić information content (AvgIpc) is 3.59. The van der Waals surface area contributed by atoms with E-state index in [0.717, 1.165) is 12.0 Å². The number of pyridine rings is 1. The minimum Gasteiger partial charge on any atom is -0.494 e. The molecular weight excluding hydrogens is 490 g/mol. The maximum absolute atomic E-state index is 13.2. The van der Waals surface area contributed by atoms with Crippen LogP contribution in [0.4, 0.5) is 0 Å². The van der Waals surface area contributed by atoms with Gasteiger partial charge in [0.05, 0.1) is 35.9 Å². The summed E-state index contributed by atoms with van der Waals surface area (Å²) in [5, 5.41) is 17.4. The largest absolute Gasteiger partial charge is 0.494 e. The molecule has 1 fully saturated rings. The number of ether oxygens (including phenoxy) is 1. The summed E-state index contributed by atoms with van der Waals surface area (Å²) in [5.74, 6) is -0.947. The number of aromatic nitrogens is 5. The highest BCUT2D eigenvalue weighted by Crippen LogP contribution is 2.33. The molecule has 0 aliphatic carbocycles. The van der Waals surface area contributed by atoms with Crippen LogP contribution in [0.25, 0.3) is 16.7 Å². The number of carbonyl (C=O) groups excluding carboxylic acids is 3. The number of Topliss-reactive ketones (excluding diaryl/α,β-unsaturated/α-hetero) is 1. The maximum atomic E-state index is 13.2. The lowest BCUT2D eigenvalue weighted by atomic mass is 9.91. The van der Waals surface area contributed by atoms with Crippen LogP contribution in [0.3, 0.4) is 0 Å². The Bertz CT molecular complexity index is 1490. The van der Waals surface area contributed by atoms with Gasteiger partial charge in [-0.15, -0.1) is 5.10 Å². The van der Waals surface area contributed by atoms with Crippen LogP contribution in [0.2, 0.25) is 0 Å². The number of methoxy groups -OCH3 is 1. The Kier molecular flexibility index (Phi) is 6.88. The zero-order chi connectivity index (χ0) is 26.8. The fraction of sp³-hybridized carbons (Fsp3) is 0.308. The van der Waals surface area contributed by atoms with Crippen molar-refractivity contribution in [2.75, 3.05) is 27.2 Å². The second-order valence-electron chi connectivity index (χ2n) is 9.10. The predicted molar refractivity (Wildman–Crippen MR) is 136 cm³/mol. The van der Waals surface area contributed by atoms with Gasteiger partial charge in [-0.3, -0.25) is 14.4 Å². The molecule has 196 valence electrons. The van der Waals surface area contributed by atoms with Gasteiger partial charge in [0.15, 0.2) is 5.82 Å². The quantitative estimate of drug-likeness (QED) is 0.224. The van der Waals surface area contributed by atoms with Crippen LogP contribution >= 0.6 is 0 Å². The van der Waals surface area contributed by atoms with E-state index in [-0.39, 0.29) is 23.1 Å². The molecule has 4 heterocycles. The molecule has 2 amide bonds. The van der Waals surface area contributed by atoms with E-state index in [4.69, 9.17) is 4.74 Å². The van der Waals surface area contributed by atoms with Crippen molar-refractivity contribution in [1.29, 1.82) is 0 Å². The van der Waals surface area contributed by atoms with E-state index >= 15 is 0 Å². The van der Waals surface area contributed by atoms with E-state index in [0.29, 0.717) is 36.2 Å². The summed E-state index contributed by atoms with van der Waals surface area (Å²) < 4.78 is 6.73. The van der Waals surface area contributed by atoms with Crippen LogP contribution in [-0.4, -0.2) is 79.6 Å². The van der Waals surface area contributed by atoms with E-state index in [1.807, 2.05) is 30.3 Å². The van der Waals surface area contributed by atoms with Crippen molar-refractivity contribution in [3.05, 3.63) is 66.0 Å². The predicted octanol–water partition coefficient (Wildman–Crippen LogP) is 1.67. The Morgan fingerprint density at radius 1 is 1.21 bits per heavy atom. The lowest BCUT2D eigenvalue weighted by molar-refractivity contribution is -0.132. The summed E-state index contributed by atoms with van der Waals surface area (Å²) in [7, 11) is 2.92. The number of carbonyl (C=O) groups is 3. The number of benzene rings is 1. The summed E-state index contributed by atoms with van der Waals surface area (Å²) in [4.78, 5) is 51.0. The zero-order valence-electron chi connectivity index (χ0n) is 20.9. The average molecular weight is 518 g/mol. The van der Waals surface area contributed by atoms with Gasteiger partial charge in [-0.2, -0.15) is 4.68 Å². The third-order valence-electron chi connectivity index (χ3n) is 6.73. The fourth-order valence-electron chi connectivity index (χ4n) is 4.61. The summed E-state index contributed by atoms with van der Waals surface area (Å²) in [6, 6.07) is 9.46. The lowest BCUT2D eigenvalue weighted by Crippen LogP contribution is -2.52. The molecule has 4 aromatic rings. The Morgan fingerprint density at radius 3 is 2.68 bits per heavy atom. The van der Waals surface area contributed by atoms with Crippen LogP contribution in [0.1, 0.15) is 45.5 Å². The number of fused-ring (bicyclic) bond motifs is 1. The Balaban J connectivity index is 1.29. The van der Waals surface area contributed by atoms with Crippen molar-refractivity contribution >= 4 is 28.5 Å². The minimum atomic E-state index is -0.667. The summed E-state index contributed by atoms with van der Waals surface area (Å²) in [6.45, 7) is 0.916. The van der Waals surface area contributed by atoms with Crippen molar-refractivity contribution in [2.45, 2.75) is 18.9 Å². The molecule has 12 nitrogen and oxygen atoms in total. The first-order valence-electron chi connectivity index (χ1n) is 12.2. The van der Waals surface area contributed by atoms with Crippen molar-refractivity contribution in [3.63, 3.8) is 0 Å². The van der Waals surface area contributed by atoms with E-state index in [1.165, 1.54) is 42.5 Å². The molecule has 3 N–H and O–H groups in total. The Labute approximate surface area is 217 Å². The van der Waals surface area contributed by atoms with E-state index < -0.39 is 23.7 Å². The molecule has 1 saturated heterocycles. The number of hydrogen-bond donors (Lipinski definition) is 3. The Morgan fingerprint density at radius 2 is 1.97 bits per heavy atom. The number of nitrogens with zero attached hydrogens (tertiary/aromatic N) is 5. The molecule has 12 heteroatoms. The van der Waals surface area contributed by atoms with Gasteiger partial charge in [-0.1, -0.05) is 30.3 Å². The molecule has 0 saturated carbocycles. The Hall–Kier alpha value is -4.58. The highest BCUT2D eigenvalue weighted by molar-refractivity contribution is 6.45. The summed E-state index contributed by atoms with van der Waals surface area (Å²) >= 11 is 0. The third kappa shape index (κ3) is 4.61. The van der Waals surface area contributed by atoms with Gasteiger partial charge >= 0.3 is 0 Å². The van der Waals surface area contributed by atoms with Crippen LogP contribution in [0, 0.1) is 5.92 Å². The van der Waals surface area contributed by atoms with Crippen LogP contribution in [0.5, 0.6) is 5.75 Å². The van der Waals surface area contributed by atoms with Crippen molar-refractivity contribution < 1.29 is 24.2 Å². The molecule has 3 aromatic heterocycles. The number of H-pyrrole nitrogens is 1.